The van der Waals surface area contributed by atoms with Gasteiger partial charge in [-0.25, -0.2) is 15.0 Å². The highest BCUT2D eigenvalue weighted by Crippen LogP contribution is 2.14. The molecule has 0 aliphatic heterocycles. The Bertz CT molecular complexity index is 1170. The Kier molecular flexibility index (Phi) is 4.07. The average Bonchev–Trinajstić information content (AvgIpc) is 2.65. The van der Waals surface area contributed by atoms with Gasteiger partial charge in [-0.15, -0.1) is 0 Å². The molecule has 25 heavy (non-hydrogen) atoms. The number of hydrogen-bond acceptors (Lipinski definition) is 4. The van der Waals surface area contributed by atoms with Gasteiger partial charge >= 0.3 is 0 Å². The van der Waals surface area contributed by atoms with Gasteiger partial charge in [0.1, 0.15) is 23.1 Å². The Labute approximate surface area is 142 Å². The Morgan fingerprint density at radius 2 is 1.76 bits per heavy atom. The smallest absolute Gasteiger partial charge is 0.160 e. The van der Waals surface area contributed by atoms with E-state index >= 15 is 0 Å². The Balaban J connectivity index is 2.18. The van der Waals surface area contributed by atoms with Crippen LogP contribution in [0.1, 0.15) is 0 Å². The fourth-order valence-corrected chi connectivity index (χ4v) is 2.39. The molecular weight excluding hydrogens is 314 g/mol. The van der Waals surface area contributed by atoms with E-state index in [1.807, 2.05) is 66.9 Å². The molecule has 4 rings (SSSR count). The Morgan fingerprint density at radius 1 is 0.840 bits per heavy atom. The van der Waals surface area contributed by atoms with Gasteiger partial charge in [0.05, 0.1) is 17.3 Å². The molecule has 6 heteroatoms. The largest absolute Gasteiger partial charge is 0.463 e. The molecule has 2 N–H and O–H groups in total. The summed E-state index contributed by atoms with van der Waals surface area (Å²) < 4.78 is 5.72. The van der Waals surface area contributed by atoms with Crippen LogP contribution < -0.4 is 0 Å². The molecule has 0 saturated carbocycles. The Hall–Kier alpha value is -3.67. The van der Waals surface area contributed by atoms with Gasteiger partial charge in [-0.2, -0.15) is 0 Å². The minimum Gasteiger partial charge on any atom is -0.463 e. The van der Waals surface area contributed by atoms with E-state index in [-0.39, 0.29) is 0 Å². The molecule has 0 atom stereocenters. The molecule has 2 bridgehead atoms. The predicted molar refractivity (Wildman–Crippen MR) is 97.4 cm³/mol. The van der Waals surface area contributed by atoms with Crippen molar-refractivity contribution in [2.45, 2.75) is 0 Å². The molecule has 0 radical (unpaired) electrons. The molecule has 122 valence electrons. The van der Waals surface area contributed by atoms with Gasteiger partial charge in [0.15, 0.2) is 5.65 Å². The van der Waals surface area contributed by atoms with Crippen LogP contribution in [-0.4, -0.2) is 24.9 Å². The van der Waals surface area contributed by atoms with E-state index in [0.717, 1.165) is 11.0 Å². The molecule has 0 aliphatic carbocycles. The lowest BCUT2D eigenvalue weighted by atomic mass is 10.3. The second kappa shape index (κ2) is 6.84. The van der Waals surface area contributed by atoms with Crippen LogP contribution in [0.15, 0.2) is 83.9 Å². The first-order valence-electron chi connectivity index (χ1n) is 7.79. The third kappa shape index (κ3) is 3.32. The fraction of sp³-hybridized carbons (Fsp3) is 0. The van der Waals surface area contributed by atoms with Crippen molar-refractivity contribution in [3.8, 4) is 0 Å². The van der Waals surface area contributed by atoms with Crippen LogP contribution in [0.2, 0.25) is 0 Å². The van der Waals surface area contributed by atoms with Crippen molar-refractivity contribution in [3.05, 3.63) is 79.5 Å². The number of nitrogens with zero attached hydrogens (tertiary/aromatic N) is 3. The van der Waals surface area contributed by atoms with Gasteiger partial charge < -0.3 is 14.4 Å². The molecular formula is C19H15N5O. The fourth-order valence-electron chi connectivity index (χ4n) is 2.39. The summed E-state index contributed by atoms with van der Waals surface area (Å²) in [7, 11) is 0. The van der Waals surface area contributed by atoms with E-state index in [9.17, 15) is 0 Å². The van der Waals surface area contributed by atoms with Gasteiger partial charge in [0.2, 0.25) is 0 Å². The summed E-state index contributed by atoms with van der Waals surface area (Å²) in [6, 6.07) is 18.9. The van der Waals surface area contributed by atoms with Crippen LogP contribution in [0.5, 0.6) is 0 Å². The van der Waals surface area contributed by atoms with E-state index in [0.29, 0.717) is 22.4 Å². The Morgan fingerprint density at radius 3 is 2.76 bits per heavy atom. The number of hydrogen-bond donors (Lipinski definition) is 2. The van der Waals surface area contributed by atoms with Crippen LogP contribution in [0.4, 0.5) is 0 Å². The second-order valence-corrected chi connectivity index (χ2v) is 5.24. The predicted octanol–water partition coefficient (Wildman–Crippen LogP) is 4.39. The van der Waals surface area contributed by atoms with E-state index in [1.165, 1.54) is 6.33 Å². The summed E-state index contributed by atoms with van der Waals surface area (Å²) in [5, 5.41) is 0. The van der Waals surface area contributed by atoms with Crippen molar-refractivity contribution in [3.63, 3.8) is 0 Å². The molecule has 0 fully saturated rings. The first-order chi connectivity index (χ1) is 12.4. The minimum absolute atomic E-state index is 0.616. The zero-order valence-corrected chi connectivity index (χ0v) is 13.3. The second-order valence-electron chi connectivity index (χ2n) is 5.24. The number of aromatic amines is 2. The highest BCUT2D eigenvalue weighted by atomic mass is 16.3. The van der Waals surface area contributed by atoms with E-state index in [4.69, 9.17) is 4.42 Å². The molecule has 0 aliphatic rings. The number of nitrogens with one attached hydrogen (secondary N) is 2. The van der Waals surface area contributed by atoms with E-state index in [2.05, 4.69) is 24.9 Å². The first kappa shape index (κ1) is 14.9. The summed E-state index contributed by atoms with van der Waals surface area (Å²) in [6.45, 7) is 0. The highest BCUT2D eigenvalue weighted by Gasteiger charge is 2.00. The number of para-hydroxylation sites is 2. The molecule has 0 spiro atoms. The molecule has 1 aromatic carbocycles. The van der Waals surface area contributed by atoms with Crippen LogP contribution in [0, 0.1) is 0 Å². The van der Waals surface area contributed by atoms with Gasteiger partial charge in [0.25, 0.3) is 0 Å². The van der Waals surface area contributed by atoms with Gasteiger partial charge in [-0.05, 0) is 36.4 Å². The number of rotatable bonds is 0. The summed E-state index contributed by atoms with van der Waals surface area (Å²) in [6.07, 6.45) is 4.96. The van der Waals surface area contributed by atoms with Crippen molar-refractivity contribution >= 4 is 33.4 Å². The lowest BCUT2D eigenvalue weighted by Crippen LogP contribution is -1.90. The van der Waals surface area contributed by atoms with Gasteiger partial charge in [-0.3, -0.25) is 0 Å². The molecule has 6 nitrogen and oxygen atoms in total. The highest BCUT2D eigenvalue weighted by molar-refractivity contribution is 5.89. The van der Waals surface area contributed by atoms with E-state index < -0.39 is 0 Å². The van der Waals surface area contributed by atoms with Crippen molar-refractivity contribution in [1.29, 1.82) is 0 Å². The van der Waals surface area contributed by atoms with Crippen molar-refractivity contribution in [2.24, 2.45) is 0 Å². The lowest BCUT2D eigenvalue weighted by Gasteiger charge is -1.98. The number of H-pyrrole nitrogens is 2. The quantitative estimate of drug-likeness (QED) is 0.501. The zero-order chi connectivity index (χ0) is 16.9. The average molecular weight is 329 g/mol. The first-order valence-corrected chi connectivity index (χ1v) is 7.79. The lowest BCUT2D eigenvalue weighted by molar-refractivity contribution is 0.606. The van der Waals surface area contributed by atoms with Gasteiger partial charge in [0, 0.05) is 6.20 Å². The topological polar surface area (TPSA) is 83.4 Å². The number of benzene rings is 1. The van der Waals surface area contributed by atoms with Crippen LogP contribution >= 0.6 is 0 Å². The number of pyridine rings is 1. The monoisotopic (exact) mass is 329 g/mol. The molecule has 0 amide bonds. The minimum atomic E-state index is 0.616. The summed E-state index contributed by atoms with van der Waals surface area (Å²) in [4.78, 5) is 19.7. The summed E-state index contributed by atoms with van der Waals surface area (Å²) in [5.41, 5.74) is 4.25. The molecule has 3 aromatic heterocycles. The van der Waals surface area contributed by atoms with Crippen molar-refractivity contribution in [1.82, 2.24) is 24.9 Å². The van der Waals surface area contributed by atoms with Crippen LogP contribution in [0.3, 0.4) is 0 Å². The van der Waals surface area contributed by atoms with Crippen molar-refractivity contribution in [2.75, 3.05) is 0 Å². The summed E-state index contributed by atoms with van der Waals surface area (Å²) >= 11 is 0. The van der Waals surface area contributed by atoms with Crippen LogP contribution in [0.25, 0.3) is 33.4 Å². The molecule has 0 unspecified atom stereocenters. The van der Waals surface area contributed by atoms with E-state index in [1.54, 1.807) is 6.26 Å². The molecule has 3 heterocycles. The maximum atomic E-state index is 5.72. The van der Waals surface area contributed by atoms with Crippen LogP contribution in [-0.2, 0) is 0 Å². The molecule has 0 saturated heterocycles. The normalized spacial score (nSPS) is 10.4. The maximum absolute atomic E-state index is 5.72. The third-order valence-corrected chi connectivity index (χ3v) is 3.56. The number of aromatic nitrogens is 5. The SMILES string of the molecule is c1cccoc2ccccc2[nH]c2ncnc3ccc(nc32)[nH]cc1. The van der Waals surface area contributed by atoms with Crippen molar-refractivity contribution < 1.29 is 4.42 Å². The zero-order valence-electron chi connectivity index (χ0n) is 13.3. The maximum Gasteiger partial charge on any atom is 0.160 e. The molecule has 4 aromatic rings. The standard InChI is InChI=1S/C19H15N5O/c1-2-6-12-25-16-8-4-3-7-14(16)23-19-18-15(21-13-22-19)9-10-17(24-18)20-11-5-1/h1-13H,(H,20,24)(H,21,22,23). The summed E-state index contributed by atoms with van der Waals surface area (Å²) in [5.74, 6) is 0. The number of fused-ring (bicyclic) bond motifs is 2. The third-order valence-electron chi connectivity index (χ3n) is 3.56. The van der Waals surface area contributed by atoms with Gasteiger partial charge in [-0.1, -0.05) is 24.3 Å².